The van der Waals surface area contributed by atoms with Crippen molar-refractivity contribution in [2.24, 2.45) is 0 Å². The Bertz CT molecular complexity index is 483. The van der Waals surface area contributed by atoms with Gasteiger partial charge in [-0.05, 0) is 43.9 Å². The molecule has 0 radical (unpaired) electrons. The van der Waals surface area contributed by atoms with E-state index in [1.54, 1.807) is 13.2 Å². The minimum atomic E-state index is -1.75. The summed E-state index contributed by atoms with van der Waals surface area (Å²) in [6.45, 7) is 0.898. The molecule has 0 spiro atoms. The van der Waals surface area contributed by atoms with Gasteiger partial charge in [0.2, 0.25) is 0 Å². The number of nitrogens with zero attached hydrogens (tertiary/aromatic N) is 1. The van der Waals surface area contributed by atoms with Gasteiger partial charge in [0.25, 0.3) is 0 Å². The Hall–Kier alpha value is -2.15. The lowest BCUT2D eigenvalue weighted by Gasteiger charge is -2.20. The number of rotatable bonds is 5. The van der Waals surface area contributed by atoms with Gasteiger partial charge in [-0.3, -0.25) is 4.79 Å². The third-order valence-electron chi connectivity index (χ3n) is 3.76. The predicted octanol–water partition coefficient (Wildman–Crippen LogP) is 1.66. The zero-order valence-electron chi connectivity index (χ0n) is 12.7. The highest BCUT2D eigenvalue weighted by atomic mass is 16.9. The third kappa shape index (κ3) is 6.53. The molecule has 0 saturated heterocycles. The number of nitrogens with two attached hydrogens (primary N) is 1. The topological polar surface area (TPSA) is 109 Å². The van der Waals surface area contributed by atoms with Gasteiger partial charge in [-0.25, -0.2) is 0 Å². The van der Waals surface area contributed by atoms with Crippen molar-refractivity contribution in [3.63, 3.8) is 0 Å². The van der Waals surface area contributed by atoms with Crippen molar-refractivity contribution < 1.29 is 19.9 Å². The SMILES string of the molecule is COc1ccc(C=O)cc1C[NH2+]C1CCCCC1.O=[N+]([O-])[O-]. The van der Waals surface area contributed by atoms with Crippen LogP contribution in [0.1, 0.15) is 48.0 Å². The molecule has 1 aromatic carbocycles. The maximum atomic E-state index is 10.8. The molecule has 2 N–H and O–H groups in total. The van der Waals surface area contributed by atoms with Crippen LogP contribution < -0.4 is 10.1 Å². The molecule has 1 saturated carbocycles. The van der Waals surface area contributed by atoms with Crippen LogP contribution in [-0.2, 0) is 6.54 Å². The summed E-state index contributed by atoms with van der Waals surface area (Å²) >= 11 is 0. The maximum Gasteiger partial charge on any atom is 0.150 e. The number of ether oxygens (including phenoxy) is 1. The summed E-state index contributed by atoms with van der Waals surface area (Å²) in [4.78, 5) is 19.1. The molecule has 0 heterocycles. The lowest BCUT2D eigenvalue weighted by molar-refractivity contribution is -0.706. The molecule has 7 heteroatoms. The minimum Gasteiger partial charge on any atom is -0.496 e. The maximum absolute atomic E-state index is 10.8. The fourth-order valence-corrected chi connectivity index (χ4v) is 2.69. The van der Waals surface area contributed by atoms with Crippen LogP contribution in [-0.4, -0.2) is 24.5 Å². The summed E-state index contributed by atoms with van der Waals surface area (Å²) < 4.78 is 5.35. The fourth-order valence-electron chi connectivity index (χ4n) is 2.69. The smallest absolute Gasteiger partial charge is 0.150 e. The Morgan fingerprint density at radius 1 is 1.32 bits per heavy atom. The molecule has 0 unspecified atom stereocenters. The highest BCUT2D eigenvalue weighted by Crippen LogP contribution is 2.19. The monoisotopic (exact) mass is 310 g/mol. The van der Waals surface area contributed by atoms with Crippen molar-refractivity contribution in [2.75, 3.05) is 7.11 Å². The molecule has 1 aliphatic carbocycles. The van der Waals surface area contributed by atoms with E-state index in [-0.39, 0.29) is 0 Å². The molecule has 1 aliphatic rings. The highest BCUT2D eigenvalue weighted by Gasteiger charge is 2.16. The van der Waals surface area contributed by atoms with Crippen molar-refractivity contribution in [3.05, 3.63) is 44.6 Å². The molecule has 0 atom stereocenters. The Kier molecular flexibility index (Phi) is 7.91. The quantitative estimate of drug-likeness (QED) is 0.505. The van der Waals surface area contributed by atoms with E-state index >= 15 is 0 Å². The number of benzene rings is 1. The first-order valence-corrected chi connectivity index (χ1v) is 7.33. The van der Waals surface area contributed by atoms with Crippen LogP contribution in [0.2, 0.25) is 0 Å². The first-order valence-electron chi connectivity index (χ1n) is 7.33. The molecule has 122 valence electrons. The van der Waals surface area contributed by atoms with Gasteiger partial charge in [0, 0.05) is 11.1 Å². The minimum absolute atomic E-state index is 0.725. The van der Waals surface area contributed by atoms with Crippen LogP contribution in [0.3, 0.4) is 0 Å². The molecule has 22 heavy (non-hydrogen) atoms. The Labute approximate surface area is 129 Å². The molecular formula is C15H22N2O5. The molecule has 2 rings (SSSR count). The summed E-state index contributed by atoms with van der Waals surface area (Å²) in [5.74, 6) is 0.882. The standard InChI is InChI=1S/C15H21NO2.NO3/c1-18-15-8-7-12(11-17)9-13(15)10-16-14-5-3-2-4-6-14;2-1(3)4/h7-9,11,14,16H,2-6,10H2,1H3;/q;-1/p+1. The number of hydrogen-bond donors (Lipinski definition) is 1. The van der Waals surface area contributed by atoms with Crippen LogP contribution in [0.5, 0.6) is 5.75 Å². The number of carbonyl (C=O) groups excluding carboxylic acids is 1. The normalized spacial score (nSPS) is 14.6. The van der Waals surface area contributed by atoms with E-state index in [4.69, 9.17) is 20.1 Å². The van der Waals surface area contributed by atoms with Crippen molar-refractivity contribution in [1.82, 2.24) is 0 Å². The van der Waals surface area contributed by atoms with Crippen molar-refractivity contribution in [3.8, 4) is 5.75 Å². The highest BCUT2D eigenvalue weighted by molar-refractivity contribution is 5.75. The largest absolute Gasteiger partial charge is 0.496 e. The second-order valence-corrected chi connectivity index (χ2v) is 5.25. The number of hydrogen-bond acceptors (Lipinski definition) is 5. The Balaban J connectivity index is 0.000000541. The van der Waals surface area contributed by atoms with Crippen molar-refractivity contribution >= 4 is 6.29 Å². The zero-order chi connectivity index (χ0) is 16.4. The predicted molar refractivity (Wildman–Crippen MR) is 81.2 cm³/mol. The van der Waals surface area contributed by atoms with Gasteiger partial charge in [-0.2, -0.15) is 0 Å². The average molecular weight is 310 g/mol. The number of carbonyl (C=O) groups is 1. The van der Waals surface area contributed by atoms with Gasteiger partial charge >= 0.3 is 0 Å². The van der Waals surface area contributed by atoms with Gasteiger partial charge in [0.1, 0.15) is 18.6 Å². The second-order valence-electron chi connectivity index (χ2n) is 5.25. The van der Waals surface area contributed by atoms with Gasteiger partial charge in [-0.1, -0.05) is 6.42 Å². The fraction of sp³-hybridized carbons (Fsp3) is 0.533. The van der Waals surface area contributed by atoms with Crippen LogP contribution >= 0.6 is 0 Å². The van der Waals surface area contributed by atoms with E-state index in [0.717, 1.165) is 35.7 Å². The van der Waals surface area contributed by atoms with E-state index in [9.17, 15) is 4.79 Å². The van der Waals surface area contributed by atoms with E-state index in [0.29, 0.717) is 0 Å². The first-order chi connectivity index (χ1) is 10.6. The molecule has 0 aliphatic heterocycles. The number of aldehydes is 1. The number of quaternary nitrogens is 1. The van der Waals surface area contributed by atoms with Gasteiger partial charge < -0.3 is 25.4 Å². The summed E-state index contributed by atoms with van der Waals surface area (Å²) in [5.41, 5.74) is 1.84. The molecule has 7 nitrogen and oxygen atoms in total. The van der Waals surface area contributed by atoms with E-state index in [1.807, 2.05) is 12.1 Å². The van der Waals surface area contributed by atoms with Gasteiger partial charge in [0.15, 0.2) is 0 Å². The van der Waals surface area contributed by atoms with Crippen molar-refractivity contribution in [1.29, 1.82) is 0 Å². The lowest BCUT2D eigenvalue weighted by atomic mass is 9.95. The summed E-state index contributed by atoms with van der Waals surface area (Å²) in [5, 5.41) is 17.1. The van der Waals surface area contributed by atoms with E-state index < -0.39 is 5.09 Å². The Morgan fingerprint density at radius 3 is 2.50 bits per heavy atom. The molecule has 1 fully saturated rings. The second kappa shape index (κ2) is 9.73. The molecular weight excluding hydrogens is 288 g/mol. The summed E-state index contributed by atoms with van der Waals surface area (Å²) in [6.07, 6.45) is 7.61. The first kappa shape index (κ1) is 17.9. The molecule has 0 bridgehead atoms. The van der Waals surface area contributed by atoms with Gasteiger partial charge in [0.05, 0.1) is 18.2 Å². The van der Waals surface area contributed by atoms with E-state index in [1.165, 1.54) is 32.1 Å². The lowest BCUT2D eigenvalue weighted by Crippen LogP contribution is -2.88. The van der Waals surface area contributed by atoms with Crippen LogP contribution in [0.25, 0.3) is 0 Å². The zero-order valence-corrected chi connectivity index (χ0v) is 12.7. The summed E-state index contributed by atoms with van der Waals surface area (Å²) in [6, 6.07) is 6.36. The summed E-state index contributed by atoms with van der Waals surface area (Å²) in [7, 11) is 1.68. The van der Waals surface area contributed by atoms with Crippen LogP contribution in [0, 0.1) is 15.3 Å². The third-order valence-corrected chi connectivity index (χ3v) is 3.76. The van der Waals surface area contributed by atoms with E-state index in [2.05, 4.69) is 5.32 Å². The van der Waals surface area contributed by atoms with Crippen LogP contribution in [0.15, 0.2) is 18.2 Å². The Morgan fingerprint density at radius 2 is 1.95 bits per heavy atom. The van der Waals surface area contributed by atoms with Crippen molar-refractivity contribution in [2.45, 2.75) is 44.7 Å². The molecule has 1 aromatic rings. The van der Waals surface area contributed by atoms with Gasteiger partial charge in [-0.15, -0.1) is 0 Å². The molecule has 0 amide bonds. The van der Waals surface area contributed by atoms with Crippen LogP contribution in [0.4, 0.5) is 0 Å². The molecule has 0 aromatic heterocycles. The number of methoxy groups -OCH3 is 1. The average Bonchev–Trinajstić information content (AvgIpc) is 2.53.